The molecule has 0 aliphatic heterocycles. The molecule has 2 amide bonds. The molecule has 2 aromatic rings. The number of rotatable bonds is 7. The molecule has 0 fully saturated rings. The Morgan fingerprint density at radius 1 is 1.13 bits per heavy atom. The van der Waals surface area contributed by atoms with Crippen LogP contribution < -0.4 is 10.6 Å². The third kappa shape index (κ3) is 7.46. The quantitative estimate of drug-likeness (QED) is 0.518. The number of aromatic nitrogens is 1. The van der Waals surface area contributed by atoms with Crippen molar-refractivity contribution >= 4 is 18.2 Å². The van der Waals surface area contributed by atoms with Crippen molar-refractivity contribution in [1.29, 1.82) is 0 Å². The minimum atomic E-state index is -0.914. The zero-order valence-electron chi connectivity index (χ0n) is 17.3. The van der Waals surface area contributed by atoms with Gasteiger partial charge in [-0.3, -0.25) is 0 Å². The van der Waals surface area contributed by atoms with E-state index >= 15 is 0 Å². The highest BCUT2D eigenvalue weighted by molar-refractivity contribution is 5.85. The van der Waals surface area contributed by atoms with Gasteiger partial charge < -0.3 is 29.3 Å². The molecule has 1 aromatic heterocycles. The van der Waals surface area contributed by atoms with Crippen molar-refractivity contribution in [3.05, 3.63) is 53.7 Å². The van der Waals surface area contributed by atoms with E-state index < -0.39 is 29.8 Å². The lowest BCUT2D eigenvalue weighted by atomic mass is 10.2. The average molecular weight is 419 g/mol. The summed E-state index contributed by atoms with van der Waals surface area (Å²) in [6.45, 7) is 5.10. The molecule has 30 heavy (non-hydrogen) atoms. The molecule has 2 N–H and O–H groups in total. The van der Waals surface area contributed by atoms with Gasteiger partial charge in [-0.2, -0.15) is 0 Å². The first-order valence-electron chi connectivity index (χ1n) is 9.16. The lowest BCUT2D eigenvalue weighted by Crippen LogP contribution is -2.40. The third-order valence-electron chi connectivity index (χ3n) is 3.56. The first-order chi connectivity index (χ1) is 14.2. The van der Waals surface area contributed by atoms with Crippen molar-refractivity contribution in [3.8, 4) is 0 Å². The van der Waals surface area contributed by atoms with Crippen LogP contribution in [0.3, 0.4) is 0 Å². The molecule has 162 valence electrons. The third-order valence-corrected chi connectivity index (χ3v) is 3.56. The number of carbonyl (C=O) groups is 3. The van der Waals surface area contributed by atoms with Gasteiger partial charge in [0, 0.05) is 0 Å². The maximum absolute atomic E-state index is 12.2. The van der Waals surface area contributed by atoms with Crippen molar-refractivity contribution in [2.24, 2.45) is 0 Å². The van der Waals surface area contributed by atoms with Crippen LogP contribution in [0, 0.1) is 0 Å². The van der Waals surface area contributed by atoms with Crippen LogP contribution in [0.1, 0.15) is 48.8 Å². The number of ether oxygens (including phenoxy) is 3. The summed E-state index contributed by atoms with van der Waals surface area (Å²) in [5.41, 5.74) is 0.0938. The van der Waals surface area contributed by atoms with E-state index in [2.05, 4.69) is 20.4 Å². The largest absolute Gasteiger partial charge is 0.463 e. The number of methoxy groups -OCH3 is 1. The normalized spacial score (nSPS) is 11.9. The van der Waals surface area contributed by atoms with Crippen LogP contribution in [-0.4, -0.2) is 42.4 Å². The summed E-state index contributed by atoms with van der Waals surface area (Å²) in [5.74, 6) is -0.875. The fraction of sp³-hybridized carbons (Fsp3) is 0.400. The second kappa shape index (κ2) is 10.3. The number of amides is 2. The number of oxazole rings is 1. The minimum absolute atomic E-state index is 0.00961. The number of carbonyl (C=O) groups excluding carboxylic acids is 3. The molecular weight excluding hydrogens is 394 g/mol. The topological polar surface area (TPSA) is 129 Å². The summed E-state index contributed by atoms with van der Waals surface area (Å²) in [7, 11) is 1.20. The Hall–Kier alpha value is -3.56. The van der Waals surface area contributed by atoms with E-state index in [-0.39, 0.29) is 24.8 Å². The van der Waals surface area contributed by atoms with Crippen LogP contribution >= 0.6 is 0 Å². The fourth-order valence-corrected chi connectivity index (χ4v) is 2.25. The molecule has 10 heteroatoms. The van der Waals surface area contributed by atoms with Crippen molar-refractivity contribution in [2.75, 3.05) is 13.7 Å². The summed E-state index contributed by atoms with van der Waals surface area (Å²) in [4.78, 5) is 39.7. The zero-order valence-corrected chi connectivity index (χ0v) is 17.3. The average Bonchev–Trinajstić information content (AvgIpc) is 3.18. The number of hydrogen-bond acceptors (Lipinski definition) is 8. The van der Waals surface area contributed by atoms with Crippen molar-refractivity contribution in [3.63, 3.8) is 0 Å². The number of esters is 1. The Morgan fingerprint density at radius 3 is 2.47 bits per heavy atom. The lowest BCUT2D eigenvalue weighted by Gasteiger charge is -2.22. The SMILES string of the molecule is COC(=O)c1cnc([C@H](CNC(=O)OCc2ccccc2)NC(=O)OC(C)(C)C)o1. The number of nitrogens with one attached hydrogen (secondary N) is 2. The molecule has 0 saturated carbocycles. The summed E-state index contributed by atoms with van der Waals surface area (Å²) < 4.78 is 20.3. The van der Waals surface area contributed by atoms with Gasteiger partial charge >= 0.3 is 18.2 Å². The molecule has 0 aliphatic carbocycles. The van der Waals surface area contributed by atoms with E-state index in [0.29, 0.717) is 0 Å². The van der Waals surface area contributed by atoms with Crippen LogP contribution in [0.15, 0.2) is 40.9 Å². The first-order valence-corrected chi connectivity index (χ1v) is 9.16. The number of nitrogens with zero attached hydrogens (tertiary/aromatic N) is 1. The van der Waals surface area contributed by atoms with E-state index in [1.165, 1.54) is 13.3 Å². The molecular formula is C20H25N3O7. The van der Waals surface area contributed by atoms with E-state index in [9.17, 15) is 14.4 Å². The molecule has 1 atom stereocenters. The number of benzene rings is 1. The Morgan fingerprint density at radius 2 is 1.83 bits per heavy atom. The molecule has 1 aromatic carbocycles. The van der Waals surface area contributed by atoms with Gasteiger partial charge in [0.2, 0.25) is 11.7 Å². The van der Waals surface area contributed by atoms with Crippen LogP contribution in [0.25, 0.3) is 0 Å². The standard InChI is InChI=1S/C20H25N3O7/c1-20(2,3)30-19(26)23-14(16-21-11-15(29-16)17(24)27-4)10-22-18(25)28-12-13-8-6-5-7-9-13/h5-9,11,14H,10,12H2,1-4H3,(H,22,25)(H,23,26)/t14-/m0/s1. The monoisotopic (exact) mass is 419 g/mol. The zero-order chi connectivity index (χ0) is 22.1. The Kier molecular flexibility index (Phi) is 7.79. The van der Waals surface area contributed by atoms with Crippen molar-refractivity contribution < 1.29 is 33.0 Å². The van der Waals surface area contributed by atoms with Gasteiger partial charge in [0.05, 0.1) is 19.9 Å². The molecule has 0 bridgehead atoms. The minimum Gasteiger partial charge on any atom is -0.463 e. The van der Waals surface area contributed by atoms with Gasteiger partial charge in [-0.1, -0.05) is 30.3 Å². The van der Waals surface area contributed by atoms with Gasteiger partial charge in [-0.25, -0.2) is 19.4 Å². The Bertz CT molecular complexity index is 859. The van der Waals surface area contributed by atoms with Crippen LogP contribution in [0.4, 0.5) is 9.59 Å². The van der Waals surface area contributed by atoms with E-state index in [4.69, 9.17) is 13.9 Å². The maximum Gasteiger partial charge on any atom is 0.408 e. The number of alkyl carbamates (subject to hydrolysis) is 2. The summed E-state index contributed by atoms with van der Waals surface area (Å²) in [5, 5.41) is 5.07. The highest BCUT2D eigenvalue weighted by Gasteiger charge is 2.26. The molecule has 0 unspecified atom stereocenters. The summed E-state index contributed by atoms with van der Waals surface area (Å²) in [6.07, 6.45) is -0.280. The molecule has 0 saturated heterocycles. The smallest absolute Gasteiger partial charge is 0.408 e. The molecule has 0 radical (unpaired) electrons. The summed E-state index contributed by atoms with van der Waals surface area (Å²) >= 11 is 0. The second-order valence-electron chi connectivity index (χ2n) is 7.20. The van der Waals surface area contributed by atoms with Gasteiger partial charge in [0.25, 0.3) is 0 Å². The van der Waals surface area contributed by atoms with Crippen LogP contribution in [0.5, 0.6) is 0 Å². The van der Waals surface area contributed by atoms with Gasteiger partial charge in [-0.15, -0.1) is 0 Å². The van der Waals surface area contributed by atoms with E-state index in [1.54, 1.807) is 20.8 Å². The molecule has 1 heterocycles. The van der Waals surface area contributed by atoms with Crippen molar-refractivity contribution in [1.82, 2.24) is 15.6 Å². The first kappa shape index (κ1) is 22.7. The molecule has 2 rings (SSSR count). The predicted molar refractivity (Wildman–Crippen MR) is 105 cm³/mol. The van der Waals surface area contributed by atoms with Crippen LogP contribution in [-0.2, 0) is 20.8 Å². The molecule has 0 aliphatic rings. The van der Waals surface area contributed by atoms with Gasteiger partial charge in [0.1, 0.15) is 18.2 Å². The highest BCUT2D eigenvalue weighted by Crippen LogP contribution is 2.15. The fourth-order valence-electron chi connectivity index (χ4n) is 2.25. The van der Waals surface area contributed by atoms with Gasteiger partial charge in [-0.05, 0) is 26.3 Å². The molecule has 10 nitrogen and oxygen atoms in total. The lowest BCUT2D eigenvalue weighted by molar-refractivity contribution is 0.0492. The van der Waals surface area contributed by atoms with Crippen LogP contribution in [0.2, 0.25) is 0 Å². The van der Waals surface area contributed by atoms with E-state index in [0.717, 1.165) is 5.56 Å². The highest BCUT2D eigenvalue weighted by atomic mass is 16.6. The van der Waals surface area contributed by atoms with Crippen molar-refractivity contribution in [2.45, 2.75) is 39.0 Å². The maximum atomic E-state index is 12.2. The van der Waals surface area contributed by atoms with Gasteiger partial charge in [0.15, 0.2) is 0 Å². The molecule has 0 spiro atoms. The number of hydrogen-bond donors (Lipinski definition) is 2. The Labute approximate surface area is 173 Å². The van der Waals surface area contributed by atoms with E-state index in [1.807, 2.05) is 30.3 Å². The summed E-state index contributed by atoms with van der Waals surface area (Å²) in [6, 6.07) is 8.25. The second-order valence-corrected chi connectivity index (χ2v) is 7.20. The Balaban J connectivity index is 2.01. The predicted octanol–water partition coefficient (Wildman–Crippen LogP) is 2.95.